The Morgan fingerprint density at radius 3 is 2.71 bits per heavy atom. The fourth-order valence-corrected chi connectivity index (χ4v) is 3.28. The maximum atomic E-state index is 13.0. The van der Waals surface area contributed by atoms with Crippen LogP contribution in [0.3, 0.4) is 0 Å². The monoisotopic (exact) mass is 241 g/mol. The van der Waals surface area contributed by atoms with E-state index < -0.39 is 22.8 Å². The van der Waals surface area contributed by atoms with Crippen molar-refractivity contribution in [3.8, 4) is 6.07 Å². The minimum absolute atomic E-state index is 0.00162. The summed E-state index contributed by atoms with van der Waals surface area (Å²) in [6.07, 6.45) is 0.725. The lowest BCUT2D eigenvalue weighted by molar-refractivity contribution is -0.132. The zero-order chi connectivity index (χ0) is 12.3. The number of hydrogen-bond donors (Lipinski definition) is 0. The van der Waals surface area contributed by atoms with Gasteiger partial charge in [-0.2, -0.15) is 18.4 Å². The van der Waals surface area contributed by atoms with Crippen LogP contribution in [0.1, 0.15) is 12.8 Å². The summed E-state index contributed by atoms with van der Waals surface area (Å²) in [4.78, 5) is 0. The van der Waals surface area contributed by atoms with Crippen LogP contribution in [0.25, 0.3) is 0 Å². The Balaban J connectivity index is 2.17. The number of alkyl halides is 3. The highest BCUT2D eigenvalue weighted by molar-refractivity contribution is 5.52. The van der Waals surface area contributed by atoms with Crippen molar-refractivity contribution in [2.45, 2.75) is 24.6 Å². The summed E-state index contributed by atoms with van der Waals surface area (Å²) < 4.78 is 44.4. The number of allylic oxidation sites excluding steroid dienone is 1. The number of rotatable bonds is 0. The average Bonchev–Trinajstić information content (AvgIpc) is 2.66. The molecule has 0 aromatic heterocycles. The number of ether oxygens (including phenoxy) is 1. The Bertz CT molecular complexity index is 473. The smallest absolute Gasteiger partial charge is 0.368 e. The summed E-state index contributed by atoms with van der Waals surface area (Å²) >= 11 is 0. The molecule has 0 N–H and O–H groups in total. The number of nitriles is 1. The molecular formula is C12H10F3NO. The summed E-state index contributed by atoms with van der Waals surface area (Å²) in [5.41, 5.74) is -3.40. The lowest BCUT2D eigenvalue weighted by Crippen LogP contribution is -2.59. The second-order valence-electron chi connectivity index (χ2n) is 4.73. The van der Waals surface area contributed by atoms with Crippen LogP contribution in [-0.2, 0) is 4.74 Å². The van der Waals surface area contributed by atoms with Crippen molar-refractivity contribution < 1.29 is 17.9 Å². The van der Waals surface area contributed by atoms with E-state index >= 15 is 0 Å². The van der Waals surface area contributed by atoms with Gasteiger partial charge in [-0.05, 0) is 18.8 Å². The topological polar surface area (TPSA) is 33.0 Å². The van der Waals surface area contributed by atoms with E-state index in [2.05, 4.69) is 0 Å². The maximum absolute atomic E-state index is 13.0. The number of nitrogens with zero attached hydrogens (tertiary/aromatic N) is 1. The molecule has 3 aliphatic rings. The minimum atomic E-state index is -4.47. The first-order chi connectivity index (χ1) is 7.96. The molecule has 0 amide bonds. The SMILES string of the molecule is N#CC12C=CC13OCCC3CC=C2C(F)(F)F. The maximum Gasteiger partial charge on any atom is 0.414 e. The fraction of sp³-hybridized carbons (Fsp3) is 0.583. The molecule has 17 heavy (non-hydrogen) atoms. The molecule has 1 saturated heterocycles. The molecule has 1 aliphatic heterocycles. The van der Waals surface area contributed by atoms with E-state index in [1.54, 1.807) is 6.08 Å². The van der Waals surface area contributed by atoms with E-state index in [-0.39, 0.29) is 5.92 Å². The molecule has 0 saturated carbocycles. The summed E-state index contributed by atoms with van der Waals surface area (Å²) in [5, 5.41) is 9.23. The fourth-order valence-electron chi connectivity index (χ4n) is 3.28. The van der Waals surface area contributed by atoms with Crippen molar-refractivity contribution >= 4 is 0 Å². The third kappa shape index (κ3) is 1.05. The predicted octanol–water partition coefficient (Wildman–Crippen LogP) is 2.73. The number of hydrogen-bond acceptors (Lipinski definition) is 2. The van der Waals surface area contributed by atoms with E-state index in [4.69, 9.17) is 4.74 Å². The Morgan fingerprint density at radius 1 is 1.41 bits per heavy atom. The van der Waals surface area contributed by atoms with Gasteiger partial charge in [-0.3, -0.25) is 0 Å². The van der Waals surface area contributed by atoms with Gasteiger partial charge in [0.2, 0.25) is 0 Å². The van der Waals surface area contributed by atoms with Crippen LogP contribution in [0.2, 0.25) is 0 Å². The highest BCUT2D eigenvalue weighted by Crippen LogP contribution is 2.63. The minimum Gasteiger partial charge on any atom is -0.368 e. The first-order valence-corrected chi connectivity index (χ1v) is 5.50. The van der Waals surface area contributed by atoms with Gasteiger partial charge < -0.3 is 4.74 Å². The predicted molar refractivity (Wildman–Crippen MR) is 52.7 cm³/mol. The van der Waals surface area contributed by atoms with Gasteiger partial charge in [0.25, 0.3) is 0 Å². The summed E-state index contributed by atoms with van der Waals surface area (Å²) in [7, 11) is 0. The molecule has 5 heteroatoms. The summed E-state index contributed by atoms with van der Waals surface area (Å²) in [6, 6.07) is 1.84. The lowest BCUT2D eigenvalue weighted by atomic mass is 9.52. The van der Waals surface area contributed by atoms with Crippen LogP contribution in [-0.4, -0.2) is 18.4 Å². The van der Waals surface area contributed by atoms with Crippen molar-refractivity contribution in [1.82, 2.24) is 0 Å². The second-order valence-corrected chi connectivity index (χ2v) is 4.73. The molecule has 3 atom stereocenters. The molecule has 0 bridgehead atoms. The van der Waals surface area contributed by atoms with E-state index in [1.807, 2.05) is 6.07 Å². The standard InChI is InChI=1S/C12H10F3NO/c13-12(14,15)9-2-1-8-3-6-17-11(8)5-4-10(9,11)7-16/h2,4-5,8H,1,3,6H2. The largest absolute Gasteiger partial charge is 0.414 e. The highest BCUT2D eigenvalue weighted by Gasteiger charge is 2.69. The van der Waals surface area contributed by atoms with Crippen LogP contribution in [0, 0.1) is 22.7 Å². The zero-order valence-electron chi connectivity index (χ0n) is 8.92. The van der Waals surface area contributed by atoms with Gasteiger partial charge in [0.15, 0.2) is 0 Å². The van der Waals surface area contributed by atoms with Crippen molar-refractivity contribution in [3.05, 3.63) is 23.8 Å². The Kier molecular flexibility index (Phi) is 1.87. The van der Waals surface area contributed by atoms with Gasteiger partial charge in [-0.25, -0.2) is 0 Å². The Hall–Kier alpha value is -1.28. The molecule has 3 unspecified atom stereocenters. The molecule has 3 rings (SSSR count). The highest BCUT2D eigenvalue weighted by atomic mass is 19.4. The Morgan fingerprint density at radius 2 is 2.18 bits per heavy atom. The molecule has 2 aliphatic carbocycles. The second kappa shape index (κ2) is 2.94. The van der Waals surface area contributed by atoms with Gasteiger partial charge in [-0.15, -0.1) is 0 Å². The molecule has 0 aromatic carbocycles. The normalized spacial score (nSPS) is 43.2. The summed E-state index contributed by atoms with van der Waals surface area (Å²) in [5.74, 6) is -0.00162. The van der Waals surface area contributed by atoms with Gasteiger partial charge in [-0.1, -0.05) is 18.2 Å². The first kappa shape index (κ1) is 10.8. The van der Waals surface area contributed by atoms with Gasteiger partial charge in [0.1, 0.15) is 11.0 Å². The van der Waals surface area contributed by atoms with Crippen LogP contribution < -0.4 is 0 Å². The van der Waals surface area contributed by atoms with Crippen molar-refractivity contribution in [2.24, 2.45) is 11.3 Å². The van der Waals surface area contributed by atoms with Gasteiger partial charge in [0, 0.05) is 6.61 Å². The third-order valence-electron chi connectivity index (χ3n) is 4.12. The van der Waals surface area contributed by atoms with Gasteiger partial charge in [0.05, 0.1) is 11.6 Å². The molecule has 1 heterocycles. The van der Waals surface area contributed by atoms with Gasteiger partial charge >= 0.3 is 6.18 Å². The molecule has 0 aromatic rings. The quantitative estimate of drug-likeness (QED) is 0.611. The number of halogens is 3. The van der Waals surface area contributed by atoms with Crippen LogP contribution in [0.5, 0.6) is 0 Å². The molecule has 2 nitrogen and oxygen atoms in total. The molecule has 90 valence electrons. The Labute approximate surface area is 96.4 Å². The molecule has 0 radical (unpaired) electrons. The lowest BCUT2D eigenvalue weighted by Gasteiger charge is -2.53. The van der Waals surface area contributed by atoms with Crippen molar-refractivity contribution in [1.29, 1.82) is 5.26 Å². The molecular weight excluding hydrogens is 231 g/mol. The third-order valence-corrected chi connectivity index (χ3v) is 4.12. The van der Waals surface area contributed by atoms with Crippen molar-refractivity contribution in [3.63, 3.8) is 0 Å². The molecule has 1 fully saturated rings. The zero-order valence-corrected chi connectivity index (χ0v) is 8.92. The van der Waals surface area contributed by atoms with E-state index in [1.165, 1.54) is 12.2 Å². The van der Waals surface area contributed by atoms with E-state index in [0.29, 0.717) is 13.0 Å². The molecule has 1 spiro atoms. The van der Waals surface area contributed by atoms with Crippen LogP contribution >= 0.6 is 0 Å². The first-order valence-electron chi connectivity index (χ1n) is 5.50. The van der Waals surface area contributed by atoms with Crippen LogP contribution in [0.4, 0.5) is 13.2 Å². The average molecular weight is 241 g/mol. The summed E-state index contributed by atoms with van der Waals surface area (Å²) in [6.45, 7) is 0.428. The van der Waals surface area contributed by atoms with E-state index in [9.17, 15) is 18.4 Å². The van der Waals surface area contributed by atoms with Crippen LogP contribution in [0.15, 0.2) is 23.8 Å². The van der Waals surface area contributed by atoms with E-state index in [0.717, 1.165) is 6.42 Å². The van der Waals surface area contributed by atoms with Crippen molar-refractivity contribution in [2.75, 3.05) is 6.61 Å².